The van der Waals surface area contributed by atoms with Gasteiger partial charge >= 0.3 is 17.9 Å². The molecule has 386 valence electrons. The Bertz CT molecular complexity index is 2000. The van der Waals surface area contributed by atoms with Crippen LogP contribution in [0.25, 0.3) is 0 Å². The fourth-order valence-corrected chi connectivity index (χ4v) is 15.0. The minimum atomic E-state index is -3.15. The third kappa shape index (κ3) is 8.08. The molecule has 8 unspecified atom stereocenters. The number of allylic oxidation sites excluding steroid dienone is 2. The number of aliphatic hydroxyl groups excluding tert-OH is 4. The molecule has 7 fully saturated rings. The van der Waals surface area contributed by atoms with E-state index in [9.17, 15) is 70.6 Å². The average molecular weight is 971 g/mol. The highest BCUT2D eigenvalue weighted by atomic mass is 16.8. The second kappa shape index (κ2) is 17.4. The van der Waals surface area contributed by atoms with Gasteiger partial charge in [0.25, 0.3) is 0 Å². The molecule has 0 aromatic rings. The van der Waals surface area contributed by atoms with Gasteiger partial charge < -0.3 is 84.6 Å². The normalized spacial score (nSPS) is 52.0. The molecule has 0 spiro atoms. The molecule has 3 saturated heterocycles. The topological polar surface area (TPSA) is 329 Å². The number of hydrogen-bond donors (Lipinski definition) is 11. The summed E-state index contributed by atoms with van der Waals surface area (Å²) in [5.74, 6) is -10.2. The van der Waals surface area contributed by atoms with Crippen molar-refractivity contribution in [3.8, 4) is 0 Å². The molecule has 0 radical (unpaired) electrons. The lowest BCUT2D eigenvalue weighted by Gasteiger charge is -2.71. The number of hydrogen-bond acceptors (Lipinski definition) is 17. The summed E-state index contributed by atoms with van der Waals surface area (Å²) in [6.07, 6.45) is -14.4. The van der Waals surface area contributed by atoms with Crippen LogP contribution in [-0.2, 0) is 42.8 Å². The van der Waals surface area contributed by atoms with Gasteiger partial charge in [-0.2, -0.15) is 0 Å². The van der Waals surface area contributed by atoms with Gasteiger partial charge in [-0.1, -0.05) is 46.3 Å². The molecule has 3 aliphatic heterocycles. The Morgan fingerprint density at radius 1 is 0.662 bits per heavy atom. The molecule has 0 aromatic carbocycles. The minimum Gasteiger partial charge on any atom is -0.481 e. The molecule has 20 heteroatoms. The second-order valence-electron chi connectivity index (χ2n) is 23.5. The first-order chi connectivity index (χ1) is 31.4. The molecule has 3 heterocycles. The average Bonchev–Trinajstić information content (AvgIpc) is 3.25. The van der Waals surface area contributed by atoms with Gasteiger partial charge in [0.15, 0.2) is 54.9 Å². The molecule has 0 aromatic heterocycles. The third-order valence-electron chi connectivity index (χ3n) is 19.6. The van der Waals surface area contributed by atoms with Gasteiger partial charge in [0, 0.05) is 18.3 Å². The molecule has 4 saturated carbocycles. The Hall–Kier alpha value is -2.41. The fourth-order valence-electron chi connectivity index (χ4n) is 15.0. The lowest BCUT2D eigenvalue weighted by Crippen LogP contribution is -2.69. The Morgan fingerprint density at radius 2 is 1.22 bits per heavy atom. The number of rotatable bonds is 10. The van der Waals surface area contributed by atoms with Crippen LogP contribution in [0.4, 0.5) is 0 Å². The minimum absolute atomic E-state index is 0.00593. The van der Waals surface area contributed by atoms with E-state index in [1.807, 2.05) is 13.8 Å². The Balaban J connectivity index is 1.09. The van der Waals surface area contributed by atoms with Crippen LogP contribution in [0.15, 0.2) is 11.6 Å². The van der Waals surface area contributed by atoms with Crippen molar-refractivity contribution in [3.05, 3.63) is 11.6 Å². The van der Waals surface area contributed by atoms with Crippen LogP contribution >= 0.6 is 0 Å². The van der Waals surface area contributed by atoms with Crippen molar-refractivity contribution < 1.29 is 99.0 Å². The van der Waals surface area contributed by atoms with Gasteiger partial charge in [-0.05, 0) is 117 Å². The number of carbonyl (C=O) groups is 3. The lowest BCUT2D eigenvalue weighted by atomic mass is 9.33. The van der Waals surface area contributed by atoms with Crippen LogP contribution < -0.4 is 0 Å². The maximum absolute atomic E-state index is 12.6. The fraction of sp³-hybridized carbons (Fsp3) is 0.896. The maximum Gasteiger partial charge on any atom is 0.333 e. The second-order valence-corrected chi connectivity index (χ2v) is 23.5. The van der Waals surface area contributed by atoms with Gasteiger partial charge in [-0.3, -0.25) is 4.79 Å². The van der Waals surface area contributed by atoms with E-state index < -0.39 is 127 Å². The molecule has 21 atom stereocenters. The highest BCUT2D eigenvalue weighted by Gasteiger charge is 2.70. The van der Waals surface area contributed by atoms with Crippen molar-refractivity contribution in [3.63, 3.8) is 0 Å². The van der Waals surface area contributed by atoms with E-state index in [1.54, 1.807) is 0 Å². The van der Waals surface area contributed by atoms with Crippen LogP contribution in [0.5, 0.6) is 0 Å². The molecule has 11 N–H and O–H groups in total. The van der Waals surface area contributed by atoms with Crippen molar-refractivity contribution in [2.75, 3.05) is 6.61 Å². The summed E-state index contributed by atoms with van der Waals surface area (Å²) in [4.78, 5) is 37.3. The summed E-state index contributed by atoms with van der Waals surface area (Å²) in [6, 6.07) is 0. The standard InChI is InChI=1S/C48H74O20/c1-22-30(50)31(51)32(52)37(63-22)67-34-39(65-26(36(55)56)20-48(34,61)62)68-33-38(64-25(35(53)54)19-47(33,59)60)66-29-11-12-43(4)27(44(29,5)21-49)10-13-46(7)28(43)9-8-23-24-18-42(3,40(57)58)15-14-41(24,2)16-17-45(23,46)6/h8,22,24-34,37-39,49-52,59-62H,9-21H2,1-7H3,(H,53,54)(H,55,56)(H,57,58)/t22-,24?,25?,26?,27?,28?,29-,30-,31+,32+,33-,34-,37?,38?,39?,41+,42-,43-,44+,45+,46+/m0/s1. The van der Waals surface area contributed by atoms with E-state index in [4.69, 9.17) is 28.4 Å². The number of carboxylic acids is 3. The smallest absolute Gasteiger partial charge is 0.333 e. The number of aliphatic carboxylic acids is 3. The monoisotopic (exact) mass is 970 g/mol. The summed E-state index contributed by atoms with van der Waals surface area (Å²) in [5, 5.41) is 119. The van der Waals surface area contributed by atoms with E-state index in [-0.39, 0.29) is 46.0 Å². The van der Waals surface area contributed by atoms with Crippen molar-refractivity contribution in [1.29, 1.82) is 0 Å². The molecular weight excluding hydrogens is 897 g/mol. The SMILES string of the molecule is C[C@@H]1OC(O[C@H]2C(O[C@H]3C(O[C@H]4CC[C@@]5(C)C(CC[C@]6(C)C5CC=C5C7C[C@@](C)(C(=O)O)CC[C@]7(C)CC[C@]56C)[C@@]4(C)CO)OC(C(=O)O)CC3(O)O)OC(C(=O)O)CC2(O)O)[C@H](O)[C@H](O)[C@H]1O. The Labute approximate surface area is 395 Å². The largest absolute Gasteiger partial charge is 0.481 e. The van der Waals surface area contributed by atoms with Gasteiger partial charge in [0.1, 0.15) is 18.3 Å². The Kier molecular flexibility index (Phi) is 13.3. The highest BCUT2D eigenvalue weighted by molar-refractivity contribution is 5.74. The molecular formula is C48H74O20. The van der Waals surface area contributed by atoms with Crippen LogP contribution in [-0.4, -0.2) is 166 Å². The molecule has 0 bridgehead atoms. The molecule has 68 heavy (non-hydrogen) atoms. The number of aliphatic hydroxyl groups is 8. The van der Waals surface area contributed by atoms with E-state index in [2.05, 4.69) is 33.8 Å². The molecule has 20 nitrogen and oxygen atoms in total. The van der Waals surface area contributed by atoms with Crippen molar-refractivity contribution >= 4 is 17.9 Å². The zero-order valence-electron chi connectivity index (χ0n) is 40.0. The van der Waals surface area contributed by atoms with Crippen molar-refractivity contribution in [1.82, 2.24) is 0 Å². The predicted octanol–water partition coefficient (Wildman–Crippen LogP) is 1.59. The summed E-state index contributed by atoms with van der Waals surface area (Å²) in [7, 11) is 0. The first-order valence-corrected chi connectivity index (χ1v) is 24.3. The molecule has 8 aliphatic rings. The maximum atomic E-state index is 12.6. The van der Waals surface area contributed by atoms with Gasteiger partial charge in [-0.15, -0.1) is 0 Å². The van der Waals surface area contributed by atoms with E-state index in [0.717, 1.165) is 32.1 Å². The zero-order valence-corrected chi connectivity index (χ0v) is 40.0. The van der Waals surface area contributed by atoms with E-state index >= 15 is 0 Å². The van der Waals surface area contributed by atoms with Gasteiger partial charge in [-0.25, -0.2) is 9.59 Å². The number of ether oxygens (including phenoxy) is 6. The summed E-state index contributed by atoms with van der Waals surface area (Å²) in [6.45, 7) is 14.1. The lowest BCUT2D eigenvalue weighted by molar-refractivity contribution is -0.434. The predicted molar refractivity (Wildman–Crippen MR) is 231 cm³/mol. The zero-order chi connectivity index (χ0) is 50.1. The van der Waals surface area contributed by atoms with Crippen molar-refractivity contribution in [2.24, 2.45) is 50.2 Å². The highest BCUT2D eigenvalue weighted by Crippen LogP contribution is 2.76. The van der Waals surface area contributed by atoms with Crippen LogP contribution in [0, 0.1) is 50.2 Å². The van der Waals surface area contributed by atoms with Crippen LogP contribution in [0.2, 0.25) is 0 Å². The first-order valence-electron chi connectivity index (χ1n) is 24.3. The molecule has 0 amide bonds. The summed E-state index contributed by atoms with van der Waals surface area (Å²) >= 11 is 0. The molecule has 5 aliphatic carbocycles. The molecule has 8 rings (SSSR count). The van der Waals surface area contributed by atoms with E-state index in [1.165, 1.54) is 12.5 Å². The summed E-state index contributed by atoms with van der Waals surface area (Å²) in [5.41, 5.74) is -1.23. The van der Waals surface area contributed by atoms with Gasteiger partial charge in [0.05, 0.1) is 24.2 Å². The quantitative estimate of drug-likeness (QED) is 0.0841. The Morgan fingerprint density at radius 3 is 1.78 bits per heavy atom. The van der Waals surface area contributed by atoms with Crippen LogP contribution in [0.1, 0.15) is 126 Å². The third-order valence-corrected chi connectivity index (χ3v) is 19.6. The van der Waals surface area contributed by atoms with Crippen LogP contribution in [0.3, 0.4) is 0 Å². The summed E-state index contributed by atoms with van der Waals surface area (Å²) < 4.78 is 35.4. The number of fused-ring (bicyclic) bond motifs is 7. The first kappa shape index (κ1) is 51.9. The van der Waals surface area contributed by atoms with Gasteiger partial charge in [0.2, 0.25) is 0 Å². The van der Waals surface area contributed by atoms with E-state index in [0.29, 0.717) is 32.1 Å². The number of carboxylic acid groups (broad SMARTS) is 3. The van der Waals surface area contributed by atoms with Crippen molar-refractivity contribution in [2.45, 2.75) is 211 Å².